The molecular formula is C30H40N6O6. The van der Waals surface area contributed by atoms with Crippen LogP contribution in [-0.4, -0.2) is 54.0 Å². The molecule has 0 aromatic heterocycles. The zero-order valence-corrected chi connectivity index (χ0v) is 24.4. The van der Waals surface area contributed by atoms with E-state index in [-0.39, 0.29) is 16.9 Å². The molecule has 3 unspecified atom stereocenters. The van der Waals surface area contributed by atoms with Crippen LogP contribution in [0.15, 0.2) is 53.5 Å². The van der Waals surface area contributed by atoms with Gasteiger partial charge in [0.15, 0.2) is 5.96 Å². The maximum absolute atomic E-state index is 12.8. The van der Waals surface area contributed by atoms with Gasteiger partial charge in [0.05, 0.1) is 25.3 Å². The fourth-order valence-corrected chi connectivity index (χ4v) is 4.93. The van der Waals surface area contributed by atoms with Crippen LogP contribution in [0.5, 0.6) is 5.75 Å². The molecule has 42 heavy (non-hydrogen) atoms. The van der Waals surface area contributed by atoms with Gasteiger partial charge < -0.3 is 37.3 Å². The van der Waals surface area contributed by atoms with Gasteiger partial charge in [0.1, 0.15) is 11.8 Å². The molecule has 2 aromatic carbocycles. The van der Waals surface area contributed by atoms with Crippen molar-refractivity contribution in [1.29, 1.82) is 0 Å². The first-order valence-corrected chi connectivity index (χ1v) is 13.7. The fraction of sp³-hybridized carbons (Fsp3) is 0.433. The first kappa shape index (κ1) is 31.9. The lowest BCUT2D eigenvalue weighted by Crippen LogP contribution is -2.48. The number of carbonyl (C=O) groups excluding carboxylic acids is 3. The summed E-state index contributed by atoms with van der Waals surface area (Å²) in [5.41, 5.74) is 12.0. The molecule has 12 nitrogen and oxygen atoms in total. The topological polar surface area (TPSA) is 198 Å². The Bertz CT molecular complexity index is 1340. The third kappa shape index (κ3) is 9.79. The van der Waals surface area contributed by atoms with Crippen LogP contribution in [0.1, 0.15) is 57.3 Å². The third-order valence-electron chi connectivity index (χ3n) is 7.24. The number of benzene rings is 2. The molecule has 12 heteroatoms. The van der Waals surface area contributed by atoms with E-state index in [0.717, 1.165) is 12.3 Å². The van der Waals surface area contributed by atoms with Gasteiger partial charge >= 0.3 is 5.97 Å². The summed E-state index contributed by atoms with van der Waals surface area (Å²) in [6.07, 6.45) is 1.65. The largest absolute Gasteiger partial charge is 0.493 e. The second-order valence-corrected chi connectivity index (χ2v) is 11.9. The molecule has 226 valence electrons. The van der Waals surface area contributed by atoms with Gasteiger partial charge in [-0.3, -0.25) is 19.2 Å². The number of amides is 3. The Morgan fingerprint density at radius 2 is 1.81 bits per heavy atom. The molecule has 3 amide bonds. The van der Waals surface area contributed by atoms with Crippen molar-refractivity contribution < 1.29 is 29.0 Å². The number of anilines is 1. The summed E-state index contributed by atoms with van der Waals surface area (Å²) in [5.74, 6) is -2.13. The molecular weight excluding hydrogens is 540 g/mol. The predicted octanol–water partition coefficient (Wildman–Crippen LogP) is 2.76. The van der Waals surface area contributed by atoms with Crippen LogP contribution in [-0.2, 0) is 14.4 Å². The first-order chi connectivity index (χ1) is 19.7. The summed E-state index contributed by atoms with van der Waals surface area (Å²) in [6, 6.07) is 11.4. The monoisotopic (exact) mass is 580 g/mol. The van der Waals surface area contributed by atoms with Gasteiger partial charge in [-0.1, -0.05) is 33.8 Å². The number of nitrogens with zero attached hydrogens (tertiary/aromatic N) is 1. The standard InChI is InChI=1S/C30H40N6O6/c1-18-14-30(18,4)16-29(2,3)17-42-22-10-8-20(9-11-22)34-27(41)23(13-25(38)39)36-24(37)15-33-26(40)19-6-5-7-21(12-19)35-28(31)32/h5-12,18,23H,13-17H2,1-4H3,(H,33,40)(H,34,41)(H,36,37)(H,38,39)(H4,31,32,35). The molecule has 1 aliphatic rings. The summed E-state index contributed by atoms with van der Waals surface area (Å²) in [4.78, 5) is 53.0. The molecule has 8 N–H and O–H groups in total. The molecule has 0 bridgehead atoms. The third-order valence-corrected chi connectivity index (χ3v) is 7.24. The van der Waals surface area contributed by atoms with Crippen molar-refractivity contribution in [3.8, 4) is 5.75 Å². The zero-order valence-electron chi connectivity index (χ0n) is 24.4. The Labute approximate surface area is 245 Å². The van der Waals surface area contributed by atoms with E-state index in [1.165, 1.54) is 18.6 Å². The summed E-state index contributed by atoms with van der Waals surface area (Å²) in [6.45, 7) is 9.01. The average Bonchev–Trinajstić information content (AvgIpc) is 3.49. The van der Waals surface area contributed by atoms with Crippen molar-refractivity contribution in [2.75, 3.05) is 18.5 Å². The van der Waals surface area contributed by atoms with Gasteiger partial charge in [0.25, 0.3) is 5.91 Å². The maximum atomic E-state index is 12.8. The van der Waals surface area contributed by atoms with E-state index in [0.29, 0.717) is 29.1 Å². The zero-order chi connectivity index (χ0) is 31.1. The number of rotatable bonds is 14. The SMILES string of the molecule is CC1CC1(C)CC(C)(C)COc1ccc(NC(=O)C(CC(=O)O)NC(=O)CNC(=O)c2cccc(N=C(N)N)c2)cc1. The smallest absolute Gasteiger partial charge is 0.305 e. The molecule has 3 rings (SSSR count). The Kier molecular flexibility index (Phi) is 10.2. The number of nitrogens with two attached hydrogens (primary N) is 2. The number of ether oxygens (including phenoxy) is 1. The van der Waals surface area contributed by atoms with Crippen LogP contribution in [0, 0.1) is 16.7 Å². The minimum atomic E-state index is -1.37. The van der Waals surface area contributed by atoms with Gasteiger partial charge in [-0.15, -0.1) is 0 Å². The highest BCUT2D eigenvalue weighted by Gasteiger charge is 2.49. The summed E-state index contributed by atoms with van der Waals surface area (Å²) in [7, 11) is 0. The quantitative estimate of drug-likeness (QED) is 0.145. The van der Waals surface area contributed by atoms with Gasteiger partial charge in [-0.25, -0.2) is 4.99 Å². The first-order valence-electron chi connectivity index (χ1n) is 13.7. The van der Waals surface area contributed by atoms with Crippen LogP contribution < -0.4 is 32.2 Å². The van der Waals surface area contributed by atoms with Crippen molar-refractivity contribution in [1.82, 2.24) is 10.6 Å². The Balaban J connectivity index is 1.52. The highest BCUT2D eigenvalue weighted by Crippen LogP contribution is 2.57. The van der Waals surface area contributed by atoms with E-state index in [2.05, 4.69) is 48.6 Å². The van der Waals surface area contributed by atoms with Gasteiger partial charge in [-0.2, -0.15) is 0 Å². The molecule has 0 saturated heterocycles. The van der Waals surface area contributed by atoms with Crippen molar-refractivity contribution >= 4 is 41.0 Å². The minimum Gasteiger partial charge on any atom is -0.493 e. The Morgan fingerprint density at radius 1 is 1.14 bits per heavy atom. The number of nitrogens with one attached hydrogen (secondary N) is 3. The minimum absolute atomic E-state index is 0.00571. The molecule has 1 aliphatic carbocycles. The lowest BCUT2D eigenvalue weighted by Gasteiger charge is -2.28. The number of carboxylic acids is 1. The molecule has 0 radical (unpaired) electrons. The van der Waals surface area contributed by atoms with E-state index >= 15 is 0 Å². The van der Waals surface area contributed by atoms with E-state index < -0.39 is 42.7 Å². The van der Waals surface area contributed by atoms with Gasteiger partial charge in [-0.05, 0) is 72.1 Å². The van der Waals surface area contributed by atoms with Crippen molar-refractivity contribution in [2.24, 2.45) is 33.2 Å². The number of aliphatic carboxylic acids is 1. The van der Waals surface area contributed by atoms with Crippen LogP contribution in [0.25, 0.3) is 0 Å². The van der Waals surface area contributed by atoms with Crippen LogP contribution in [0.4, 0.5) is 11.4 Å². The molecule has 0 heterocycles. The van der Waals surface area contributed by atoms with Crippen LogP contribution >= 0.6 is 0 Å². The molecule has 2 aromatic rings. The highest BCUT2D eigenvalue weighted by atomic mass is 16.5. The van der Waals surface area contributed by atoms with Crippen LogP contribution in [0.2, 0.25) is 0 Å². The number of hydrogen-bond donors (Lipinski definition) is 6. The number of hydrogen-bond acceptors (Lipinski definition) is 6. The Hall–Kier alpha value is -4.61. The summed E-state index contributed by atoms with van der Waals surface area (Å²) in [5, 5.41) is 16.7. The summed E-state index contributed by atoms with van der Waals surface area (Å²) < 4.78 is 5.99. The van der Waals surface area contributed by atoms with Gasteiger partial charge in [0, 0.05) is 11.3 Å². The summed E-state index contributed by atoms with van der Waals surface area (Å²) >= 11 is 0. The Morgan fingerprint density at radius 3 is 2.40 bits per heavy atom. The van der Waals surface area contributed by atoms with Crippen molar-refractivity contribution in [3.63, 3.8) is 0 Å². The number of carbonyl (C=O) groups is 4. The van der Waals surface area contributed by atoms with Gasteiger partial charge in [0.2, 0.25) is 11.8 Å². The normalized spacial score (nSPS) is 18.2. The fourth-order valence-electron chi connectivity index (χ4n) is 4.93. The second-order valence-electron chi connectivity index (χ2n) is 11.9. The average molecular weight is 581 g/mol. The molecule has 1 fully saturated rings. The lowest BCUT2D eigenvalue weighted by atomic mass is 9.81. The molecule has 0 aliphatic heterocycles. The van der Waals surface area contributed by atoms with Crippen molar-refractivity contribution in [3.05, 3.63) is 54.1 Å². The predicted molar refractivity (Wildman–Crippen MR) is 159 cm³/mol. The van der Waals surface area contributed by atoms with E-state index in [4.69, 9.17) is 16.2 Å². The number of aliphatic imine (C=N–C) groups is 1. The highest BCUT2D eigenvalue weighted by molar-refractivity contribution is 6.00. The molecule has 1 saturated carbocycles. The van der Waals surface area contributed by atoms with Crippen molar-refractivity contribution in [2.45, 2.75) is 53.0 Å². The molecule has 3 atom stereocenters. The van der Waals surface area contributed by atoms with Crippen LogP contribution in [0.3, 0.4) is 0 Å². The molecule has 0 spiro atoms. The van der Waals surface area contributed by atoms with E-state index in [9.17, 15) is 24.3 Å². The second kappa shape index (κ2) is 13.4. The maximum Gasteiger partial charge on any atom is 0.305 e. The van der Waals surface area contributed by atoms with E-state index in [1.807, 2.05) is 0 Å². The lowest BCUT2D eigenvalue weighted by molar-refractivity contribution is -0.139. The number of guanidine groups is 1. The van der Waals surface area contributed by atoms with E-state index in [1.54, 1.807) is 36.4 Å². The number of carboxylic acid groups (broad SMARTS) is 1.